The van der Waals surface area contributed by atoms with Crippen molar-refractivity contribution in [2.24, 2.45) is 7.05 Å². The number of aryl methyl sites for hydroxylation is 3. The van der Waals surface area contributed by atoms with Gasteiger partial charge in [0.15, 0.2) is 0 Å². The summed E-state index contributed by atoms with van der Waals surface area (Å²) in [5, 5.41) is 12.2. The average Bonchev–Trinajstić information content (AvgIpc) is 3.06. The van der Waals surface area contributed by atoms with Crippen molar-refractivity contribution in [1.29, 1.82) is 0 Å². The Labute approximate surface area is 158 Å². The van der Waals surface area contributed by atoms with E-state index in [0.717, 1.165) is 47.0 Å². The largest absolute Gasteiger partial charge is 0.323 e. The Morgan fingerprint density at radius 1 is 1.11 bits per heavy atom. The molecule has 1 aliphatic heterocycles. The molecule has 0 radical (unpaired) electrons. The van der Waals surface area contributed by atoms with Gasteiger partial charge in [0.2, 0.25) is 0 Å². The molecule has 2 amide bonds. The summed E-state index contributed by atoms with van der Waals surface area (Å²) in [6.45, 7) is 6.09. The van der Waals surface area contributed by atoms with Crippen molar-refractivity contribution >= 4 is 11.8 Å². The Hall–Kier alpha value is -3.09. The van der Waals surface area contributed by atoms with E-state index in [9.17, 15) is 4.79 Å². The van der Waals surface area contributed by atoms with Crippen LogP contribution in [0.5, 0.6) is 0 Å². The highest BCUT2D eigenvalue weighted by molar-refractivity contribution is 5.90. The van der Waals surface area contributed by atoms with E-state index < -0.39 is 0 Å². The van der Waals surface area contributed by atoms with Crippen LogP contribution < -0.4 is 5.32 Å². The third kappa shape index (κ3) is 3.32. The molecule has 0 spiro atoms. The summed E-state index contributed by atoms with van der Waals surface area (Å²) in [5.74, 6) is 0.729. The van der Waals surface area contributed by atoms with Gasteiger partial charge in [0, 0.05) is 31.3 Å². The van der Waals surface area contributed by atoms with Crippen LogP contribution in [0.1, 0.15) is 23.4 Å². The molecule has 1 N–H and O–H groups in total. The quantitative estimate of drug-likeness (QED) is 0.758. The highest BCUT2D eigenvalue weighted by atomic mass is 16.2. The number of amides is 2. The molecule has 0 unspecified atom stereocenters. The SMILES string of the molecule is Cc1cc2n(n1)CCCN(C(=O)Nc1c(C)c(-c3ccccc3)nn1C)C2. The minimum Gasteiger partial charge on any atom is -0.319 e. The molecule has 7 heteroatoms. The van der Waals surface area contributed by atoms with Crippen LogP contribution in [0, 0.1) is 13.8 Å². The Kier molecular flexibility index (Phi) is 4.43. The fourth-order valence-corrected chi connectivity index (χ4v) is 3.63. The lowest BCUT2D eigenvalue weighted by atomic mass is 10.1. The van der Waals surface area contributed by atoms with Crippen LogP contribution in [-0.4, -0.2) is 37.0 Å². The molecule has 1 aromatic carbocycles. The van der Waals surface area contributed by atoms with Crippen molar-refractivity contribution in [3.05, 3.63) is 53.3 Å². The predicted molar refractivity (Wildman–Crippen MR) is 104 cm³/mol. The van der Waals surface area contributed by atoms with Gasteiger partial charge in [-0.1, -0.05) is 30.3 Å². The molecule has 7 nitrogen and oxygen atoms in total. The van der Waals surface area contributed by atoms with Gasteiger partial charge in [-0.3, -0.25) is 14.7 Å². The van der Waals surface area contributed by atoms with Gasteiger partial charge in [0.25, 0.3) is 0 Å². The van der Waals surface area contributed by atoms with Crippen molar-refractivity contribution in [2.45, 2.75) is 33.4 Å². The van der Waals surface area contributed by atoms with E-state index in [1.807, 2.05) is 60.8 Å². The second-order valence-electron chi connectivity index (χ2n) is 7.02. The van der Waals surface area contributed by atoms with Crippen LogP contribution in [-0.2, 0) is 20.1 Å². The maximum absolute atomic E-state index is 12.9. The lowest BCUT2D eigenvalue weighted by molar-refractivity contribution is 0.209. The number of urea groups is 1. The summed E-state index contributed by atoms with van der Waals surface area (Å²) in [5.41, 5.74) is 4.96. The molecule has 140 valence electrons. The van der Waals surface area contributed by atoms with E-state index in [4.69, 9.17) is 0 Å². The number of aromatic nitrogens is 4. The summed E-state index contributed by atoms with van der Waals surface area (Å²) in [6.07, 6.45) is 0.890. The number of fused-ring (bicyclic) bond motifs is 1. The first-order chi connectivity index (χ1) is 13.0. The molecule has 4 rings (SSSR count). The van der Waals surface area contributed by atoms with Crippen molar-refractivity contribution in [2.75, 3.05) is 11.9 Å². The first-order valence-electron chi connectivity index (χ1n) is 9.21. The van der Waals surface area contributed by atoms with Crippen molar-refractivity contribution in [3.63, 3.8) is 0 Å². The van der Waals surface area contributed by atoms with Crippen LogP contribution in [0.4, 0.5) is 10.6 Å². The van der Waals surface area contributed by atoms with Gasteiger partial charge >= 0.3 is 6.03 Å². The fourth-order valence-electron chi connectivity index (χ4n) is 3.63. The average molecular weight is 364 g/mol. The van der Waals surface area contributed by atoms with Crippen molar-refractivity contribution in [3.8, 4) is 11.3 Å². The van der Waals surface area contributed by atoms with Gasteiger partial charge in [-0.2, -0.15) is 10.2 Å². The Balaban J connectivity index is 1.56. The van der Waals surface area contributed by atoms with Crippen LogP contribution in [0.2, 0.25) is 0 Å². The maximum Gasteiger partial charge on any atom is 0.323 e. The predicted octanol–water partition coefficient (Wildman–Crippen LogP) is 3.34. The highest BCUT2D eigenvalue weighted by Crippen LogP contribution is 2.27. The summed E-state index contributed by atoms with van der Waals surface area (Å²) in [6, 6.07) is 12.0. The number of nitrogens with zero attached hydrogens (tertiary/aromatic N) is 5. The minimum absolute atomic E-state index is 0.104. The van der Waals surface area contributed by atoms with Gasteiger partial charge in [0.05, 0.1) is 23.6 Å². The number of hydrogen-bond donors (Lipinski definition) is 1. The molecule has 0 saturated carbocycles. The molecule has 2 aromatic heterocycles. The van der Waals surface area contributed by atoms with Gasteiger partial charge in [-0.15, -0.1) is 0 Å². The van der Waals surface area contributed by atoms with E-state index in [-0.39, 0.29) is 6.03 Å². The molecule has 0 atom stereocenters. The van der Waals surface area contributed by atoms with E-state index in [2.05, 4.69) is 21.6 Å². The van der Waals surface area contributed by atoms with Crippen LogP contribution in [0.15, 0.2) is 36.4 Å². The third-order valence-corrected chi connectivity index (χ3v) is 4.98. The van der Waals surface area contributed by atoms with E-state index in [1.165, 1.54) is 0 Å². The summed E-state index contributed by atoms with van der Waals surface area (Å²) >= 11 is 0. The molecule has 0 bridgehead atoms. The molecule has 0 saturated heterocycles. The molecule has 27 heavy (non-hydrogen) atoms. The second-order valence-corrected chi connectivity index (χ2v) is 7.02. The Morgan fingerprint density at radius 3 is 2.67 bits per heavy atom. The maximum atomic E-state index is 12.9. The number of rotatable bonds is 2. The second kappa shape index (κ2) is 6.90. The lowest BCUT2D eigenvalue weighted by Gasteiger charge is -2.20. The zero-order valence-electron chi connectivity index (χ0n) is 15.9. The monoisotopic (exact) mass is 364 g/mol. The smallest absolute Gasteiger partial charge is 0.319 e. The minimum atomic E-state index is -0.104. The standard InChI is InChI=1S/C20H24N6O/c1-14-12-17-13-25(10-7-11-26(17)22-14)20(27)21-19-15(2)18(23-24(19)3)16-8-5-4-6-9-16/h4-6,8-9,12H,7,10-11,13H2,1-3H3,(H,21,27). The number of anilines is 1. The number of nitrogens with one attached hydrogen (secondary N) is 1. The molecule has 1 aliphatic rings. The molecule has 0 fully saturated rings. The fraction of sp³-hybridized carbons (Fsp3) is 0.350. The van der Waals surface area contributed by atoms with Crippen LogP contribution in [0.25, 0.3) is 11.3 Å². The number of carbonyl (C=O) groups is 1. The Bertz CT molecular complexity index is 972. The molecule has 0 aliphatic carbocycles. The normalized spacial score (nSPS) is 14.0. The third-order valence-electron chi connectivity index (χ3n) is 4.98. The highest BCUT2D eigenvalue weighted by Gasteiger charge is 2.22. The summed E-state index contributed by atoms with van der Waals surface area (Å²) in [4.78, 5) is 14.8. The van der Waals surface area contributed by atoms with E-state index >= 15 is 0 Å². The number of benzene rings is 1. The van der Waals surface area contributed by atoms with E-state index in [1.54, 1.807) is 4.68 Å². The molecular formula is C20H24N6O. The zero-order valence-corrected chi connectivity index (χ0v) is 15.9. The summed E-state index contributed by atoms with van der Waals surface area (Å²) < 4.78 is 3.74. The summed E-state index contributed by atoms with van der Waals surface area (Å²) in [7, 11) is 1.86. The Morgan fingerprint density at radius 2 is 1.89 bits per heavy atom. The molecular weight excluding hydrogens is 340 g/mol. The number of carbonyl (C=O) groups excluding carboxylic acids is 1. The first-order valence-corrected chi connectivity index (χ1v) is 9.21. The lowest BCUT2D eigenvalue weighted by Crippen LogP contribution is -2.35. The topological polar surface area (TPSA) is 68.0 Å². The zero-order chi connectivity index (χ0) is 19.0. The van der Waals surface area contributed by atoms with Gasteiger partial charge < -0.3 is 4.90 Å². The van der Waals surface area contributed by atoms with Crippen molar-refractivity contribution < 1.29 is 4.79 Å². The molecule has 3 aromatic rings. The van der Waals surface area contributed by atoms with Gasteiger partial charge in [-0.05, 0) is 26.3 Å². The van der Waals surface area contributed by atoms with Crippen molar-refractivity contribution in [1.82, 2.24) is 24.5 Å². The van der Waals surface area contributed by atoms with Gasteiger partial charge in [0.1, 0.15) is 5.82 Å². The number of hydrogen-bond acceptors (Lipinski definition) is 3. The van der Waals surface area contributed by atoms with Crippen LogP contribution in [0.3, 0.4) is 0 Å². The van der Waals surface area contributed by atoms with E-state index in [0.29, 0.717) is 13.1 Å². The molecule has 3 heterocycles. The van der Waals surface area contributed by atoms with Crippen LogP contribution >= 0.6 is 0 Å². The van der Waals surface area contributed by atoms with Gasteiger partial charge in [-0.25, -0.2) is 4.79 Å². The first kappa shape index (κ1) is 17.3.